The Morgan fingerprint density at radius 2 is 2.23 bits per heavy atom. The SMILES string of the molecule is C=NCc1cc(C)ccc1OCC. The Balaban J connectivity index is 2.95. The summed E-state index contributed by atoms with van der Waals surface area (Å²) in [5, 5.41) is 0. The van der Waals surface area contributed by atoms with E-state index in [1.807, 2.05) is 19.1 Å². The molecule has 0 heterocycles. The molecule has 0 N–H and O–H groups in total. The Hall–Kier alpha value is -1.31. The van der Waals surface area contributed by atoms with Crippen molar-refractivity contribution in [3.8, 4) is 5.75 Å². The van der Waals surface area contributed by atoms with Crippen molar-refractivity contribution >= 4 is 6.72 Å². The molecule has 0 aromatic heterocycles. The Morgan fingerprint density at radius 1 is 1.46 bits per heavy atom. The predicted octanol–water partition coefficient (Wildman–Crippen LogP) is 2.59. The Labute approximate surface area is 79.3 Å². The van der Waals surface area contributed by atoms with Crippen LogP contribution in [0.1, 0.15) is 18.1 Å². The van der Waals surface area contributed by atoms with Crippen LogP contribution in [0.4, 0.5) is 0 Å². The summed E-state index contributed by atoms with van der Waals surface area (Å²) in [4.78, 5) is 3.86. The van der Waals surface area contributed by atoms with Crippen molar-refractivity contribution in [2.75, 3.05) is 6.61 Å². The molecule has 0 aliphatic heterocycles. The maximum absolute atomic E-state index is 5.46. The second kappa shape index (κ2) is 4.65. The molecule has 0 fully saturated rings. The maximum Gasteiger partial charge on any atom is 0.124 e. The van der Waals surface area contributed by atoms with Gasteiger partial charge in [0, 0.05) is 5.56 Å². The number of nitrogens with zero attached hydrogens (tertiary/aromatic N) is 1. The number of benzene rings is 1. The highest BCUT2D eigenvalue weighted by Gasteiger charge is 2.01. The van der Waals surface area contributed by atoms with Gasteiger partial charge in [-0.3, -0.25) is 4.99 Å². The highest BCUT2D eigenvalue weighted by molar-refractivity contribution is 5.38. The molecule has 1 aromatic carbocycles. The van der Waals surface area contributed by atoms with Crippen molar-refractivity contribution in [2.24, 2.45) is 4.99 Å². The number of aryl methyl sites for hydroxylation is 1. The second-order valence-corrected chi connectivity index (χ2v) is 2.93. The minimum atomic E-state index is 0.622. The molecule has 70 valence electrons. The normalized spacial score (nSPS) is 9.69. The molecule has 0 unspecified atom stereocenters. The van der Waals surface area contributed by atoms with Gasteiger partial charge in [-0.25, -0.2) is 0 Å². The predicted molar refractivity (Wildman–Crippen MR) is 55.6 cm³/mol. The first kappa shape index (κ1) is 9.78. The third-order valence-corrected chi connectivity index (χ3v) is 1.80. The molecule has 0 aliphatic carbocycles. The van der Waals surface area contributed by atoms with Gasteiger partial charge in [0.1, 0.15) is 5.75 Å². The molecular formula is C11H15NO. The van der Waals surface area contributed by atoms with Crippen LogP contribution in [0.15, 0.2) is 23.2 Å². The van der Waals surface area contributed by atoms with Crippen molar-refractivity contribution in [3.63, 3.8) is 0 Å². The van der Waals surface area contributed by atoms with E-state index in [4.69, 9.17) is 4.74 Å². The maximum atomic E-state index is 5.46. The number of hydrogen-bond acceptors (Lipinski definition) is 2. The topological polar surface area (TPSA) is 21.6 Å². The summed E-state index contributed by atoms with van der Waals surface area (Å²) in [5.74, 6) is 0.917. The largest absolute Gasteiger partial charge is 0.494 e. The average Bonchev–Trinajstić information content (AvgIpc) is 2.10. The molecule has 13 heavy (non-hydrogen) atoms. The van der Waals surface area contributed by atoms with Gasteiger partial charge >= 0.3 is 0 Å². The Bertz CT molecular complexity index is 294. The molecule has 1 rings (SSSR count). The van der Waals surface area contributed by atoms with Crippen LogP contribution in [0.3, 0.4) is 0 Å². The molecule has 0 spiro atoms. The highest BCUT2D eigenvalue weighted by atomic mass is 16.5. The smallest absolute Gasteiger partial charge is 0.124 e. The fourth-order valence-corrected chi connectivity index (χ4v) is 1.25. The van der Waals surface area contributed by atoms with Gasteiger partial charge in [0.2, 0.25) is 0 Å². The van der Waals surface area contributed by atoms with Crippen molar-refractivity contribution in [3.05, 3.63) is 29.3 Å². The fourth-order valence-electron chi connectivity index (χ4n) is 1.25. The molecule has 2 heteroatoms. The summed E-state index contributed by atoms with van der Waals surface area (Å²) >= 11 is 0. The van der Waals surface area contributed by atoms with E-state index >= 15 is 0 Å². The highest BCUT2D eigenvalue weighted by Crippen LogP contribution is 2.20. The molecule has 1 aromatic rings. The third kappa shape index (κ3) is 2.58. The minimum Gasteiger partial charge on any atom is -0.494 e. The zero-order valence-electron chi connectivity index (χ0n) is 8.21. The van der Waals surface area contributed by atoms with E-state index in [0.29, 0.717) is 13.2 Å². The lowest BCUT2D eigenvalue weighted by molar-refractivity contribution is 0.336. The molecule has 0 saturated heterocycles. The summed E-state index contributed by atoms with van der Waals surface area (Å²) in [7, 11) is 0. The van der Waals surface area contributed by atoms with Crippen molar-refractivity contribution in [1.29, 1.82) is 0 Å². The van der Waals surface area contributed by atoms with Gasteiger partial charge in [0.25, 0.3) is 0 Å². The van der Waals surface area contributed by atoms with E-state index in [1.54, 1.807) is 0 Å². The van der Waals surface area contributed by atoms with Crippen LogP contribution in [-0.4, -0.2) is 13.3 Å². The van der Waals surface area contributed by atoms with E-state index in [0.717, 1.165) is 11.3 Å². The average molecular weight is 177 g/mol. The van der Waals surface area contributed by atoms with Crippen LogP contribution in [0.2, 0.25) is 0 Å². The molecule has 0 bridgehead atoms. The van der Waals surface area contributed by atoms with Gasteiger partial charge in [-0.2, -0.15) is 0 Å². The van der Waals surface area contributed by atoms with Crippen LogP contribution in [0.25, 0.3) is 0 Å². The fraction of sp³-hybridized carbons (Fsp3) is 0.364. The first-order chi connectivity index (χ1) is 6.27. The van der Waals surface area contributed by atoms with Crippen LogP contribution < -0.4 is 4.74 Å². The van der Waals surface area contributed by atoms with E-state index in [9.17, 15) is 0 Å². The zero-order valence-corrected chi connectivity index (χ0v) is 8.21. The van der Waals surface area contributed by atoms with E-state index in [1.165, 1.54) is 5.56 Å². The second-order valence-electron chi connectivity index (χ2n) is 2.93. The van der Waals surface area contributed by atoms with Gasteiger partial charge < -0.3 is 4.74 Å². The number of rotatable bonds is 4. The summed E-state index contributed by atoms with van der Waals surface area (Å²) in [5.41, 5.74) is 2.33. The molecule has 0 aliphatic rings. The van der Waals surface area contributed by atoms with Crippen LogP contribution in [0, 0.1) is 6.92 Å². The minimum absolute atomic E-state index is 0.622. The quantitative estimate of drug-likeness (QED) is 0.648. The molecule has 0 atom stereocenters. The lowest BCUT2D eigenvalue weighted by Gasteiger charge is -2.08. The van der Waals surface area contributed by atoms with Crippen LogP contribution in [-0.2, 0) is 6.54 Å². The monoisotopic (exact) mass is 177 g/mol. The van der Waals surface area contributed by atoms with Crippen LogP contribution in [0.5, 0.6) is 5.75 Å². The zero-order chi connectivity index (χ0) is 9.68. The van der Waals surface area contributed by atoms with Gasteiger partial charge in [0.15, 0.2) is 0 Å². The standard InChI is InChI=1S/C11H15NO/c1-4-13-11-6-5-9(2)7-10(11)8-12-3/h5-7H,3-4,8H2,1-2H3. The number of hydrogen-bond donors (Lipinski definition) is 0. The third-order valence-electron chi connectivity index (χ3n) is 1.80. The first-order valence-electron chi connectivity index (χ1n) is 4.42. The molecular weight excluding hydrogens is 162 g/mol. The summed E-state index contributed by atoms with van der Waals surface area (Å²) in [6.07, 6.45) is 0. The van der Waals surface area contributed by atoms with E-state index in [2.05, 4.69) is 24.7 Å². The van der Waals surface area contributed by atoms with E-state index in [-0.39, 0.29) is 0 Å². The Kier molecular flexibility index (Phi) is 3.50. The Morgan fingerprint density at radius 3 is 2.85 bits per heavy atom. The summed E-state index contributed by atoms with van der Waals surface area (Å²) in [6.45, 7) is 8.83. The first-order valence-corrected chi connectivity index (χ1v) is 4.42. The van der Waals surface area contributed by atoms with Crippen LogP contribution >= 0.6 is 0 Å². The van der Waals surface area contributed by atoms with Crippen molar-refractivity contribution < 1.29 is 4.74 Å². The van der Waals surface area contributed by atoms with E-state index < -0.39 is 0 Å². The lowest BCUT2D eigenvalue weighted by Crippen LogP contribution is -1.96. The summed E-state index contributed by atoms with van der Waals surface area (Å²) in [6, 6.07) is 6.11. The molecule has 0 saturated carbocycles. The molecule has 2 nitrogen and oxygen atoms in total. The van der Waals surface area contributed by atoms with Crippen molar-refractivity contribution in [2.45, 2.75) is 20.4 Å². The lowest BCUT2D eigenvalue weighted by atomic mass is 10.1. The van der Waals surface area contributed by atoms with Gasteiger partial charge in [-0.15, -0.1) is 0 Å². The summed E-state index contributed by atoms with van der Waals surface area (Å²) < 4.78 is 5.46. The molecule has 0 amide bonds. The number of aliphatic imine (C=N–C) groups is 1. The van der Waals surface area contributed by atoms with Gasteiger partial charge in [0.05, 0.1) is 13.2 Å². The van der Waals surface area contributed by atoms with Gasteiger partial charge in [-0.1, -0.05) is 17.7 Å². The molecule has 0 radical (unpaired) electrons. The van der Waals surface area contributed by atoms with Gasteiger partial charge in [-0.05, 0) is 26.6 Å². The number of ether oxygens (including phenoxy) is 1. The van der Waals surface area contributed by atoms with Crippen molar-refractivity contribution in [1.82, 2.24) is 0 Å².